The van der Waals surface area contributed by atoms with Gasteiger partial charge in [0.25, 0.3) is 23.6 Å². The number of fused-ring (bicyclic) bond motifs is 2. The fourth-order valence-corrected chi connectivity index (χ4v) is 7.86. The first-order chi connectivity index (χ1) is 36.5. The molecule has 6 rings (SSSR count). The second-order valence-corrected chi connectivity index (χ2v) is 20.2. The van der Waals surface area contributed by atoms with Crippen LogP contribution in [0, 0.1) is 0 Å². The number of ether oxygens (including phenoxy) is 9. The van der Waals surface area contributed by atoms with Gasteiger partial charge in [-0.3, -0.25) is 68.4 Å². The Morgan fingerprint density at radius 3 is 1.31 bits per heavy atom. The molecule has 24 nitrogen and oxygen atoms in total. The maximum absolute atomic E-state index is 13.0. The fraction of sp³-hybridized carbons (Fsp3) is 0.585. The number of rotatable bonds is 26. The van der Waals surface area contributed by atoms with Crippen molar-refractivity contribution in [1.29, 1.82) is 0 Å². The highest BCUT2D eigenvalue weighted by Crippen LogP contribution is 2.34. The van der Waals surface area contributed by atoms with Gasteiger partial charge in [-0.2, -0.15) is 0 Å². The Kier molecular flexibility index (Phi) is 27.9. The molecule has 25 heteroatoms. The van der Waals surface area contributed by atoms with E-state index in [0.29, 0.717) is 59.5 Å². The molecule has 2 saturated heterocycles. The molecule has 0 radical (unpaired) electrons. The summed E-state index contributed by atoms with van der Waals surface area (Å²) in [6.45, 7) is 16.2. The van der Waals surface area contributed by atoms with Gasteiger partial charge in [0.1, 0.15) is 41.4 Å². The van der Waals surface area contributed by atoms with Crippen LogP contribution in [-0.2, 0) is 66.7 Å². The number of alkyl halides is 1. The lowest BCUT2D eigenvalue weighted by Gasteiger charge is -2.27. The summed E-state index contributed by atoms with van der Waals surface area (Å²) in [6, 6.07) is 6.79. The van der Waals surface area contributed by atoms with Gasteiger partial charge >= 0.3 is 11.9 Å². The highest BCUT2D eigenvalue weighted by atomic mass is 127. The van der Waals surface area contributed by atoms with Crippen molar-refractivity contribution in [2.24, 2.45) is 0 Å². The minimum Gasteiger partial charge on any atom is -0.507 e. The second-order valence-electron chi connectivity index (χ2n) is 19.2. The van der Waals surface area contributed by atoms with Gasteiger partial charge in [0.2, 0.25) is 23.6 Å². The molecule has 2 atom stereocenters. The topological polar surface area (TPSA) is 305 Å². The molecule has 0 bridgehead atoms. The fourth-order valence-electron chi connectivity index (χ4n) is 7.55. The summed E-state index contributed by atoms with van der Waals surface area (Å²) in [6.07, 6.45) is 0.748. The van der Waals surface area contributed by atoms with Gasteiger partial charge in [-0.25, -0.2) is 0 Å². The van der Waals surface area contributed by atoms with E-state index < -0.39 is 70.5 Å². The monoisotopic (exact) mass is 1210 g/mol. The van der Waals surface area contributed by atoms with Crippen LogP contribution in [0.4, 0.5) is 0 Å². The smallest absolute Gasteiger partial charge is 0.308 e. The Morgan fingerprint density at radius 1 is 0.538 bits per heavy atom. The molecule has 0 spiro atoms. The lowest BCUT2D eigenvalue weighted by molar-refractivity contribution is -0.157. The number of amides is 8. The van der Waals surface area contributed by atoms with E-state index in [2.05, 4.69) is 33.2 Å². The Labute approximate surface area is 467 Å². The summed E-state index contributed by atoms with van der Waals surface area (Å²) in [5, 5.41) is 14.0. The molecule has 0 aromatic heterocycles. The van der Waals surface area contributed by atoms with Crippen molar-refractivity contribution in [2.75, 3.05) is 90.3 Å². The van der Waals surface area contributed by atoms with Crippen LogP contribution >= 0.6 is 22.6 Å². The van der Waals surface area contributed by atoms with Crippen LogP contribution in [0.5, 0.6) is 11.5 Å². The number of imide groups is 4. The molecule has 3 N–H and O–H groups in total. The van der Waals surface area contributed by atoms with Gasteiger partial charge in [-0.05, 0) is 78.6 Å². The molecular formula is C53H73IN4O20. The highest BCUT2D eigenvalue weighted by molar-refractivity contribution is 14.1. The van der Waals surface area contributed by atoms with Crippen LogP contribution in [0.15, 0.2) is 36.4 Å². The molecule has 4 aliphatic rings. The van der Waals surface area contributed by atoms with E-state index >= 15 is 0 Å². The van der Waals surface area contributed by atoms with Crippen molar-refractivity contribution in [3.8, 4) is 11.5 Å². The molecule has 2 fully saturated rings. The number of nitrogens with zero attached hydrogens (tertiary/aromatic N) is 2. The summed E-state index contributed by atoms with van der Waals surface area (Å²) < 4.78 is 49.1. The lowest BCUT2D eigenvalue weighted by Crippen LogP contribution is -2.54. The summed E-state index contributed by atoms with van der Waals surface area (Å²) in [5.74, 6) is -5.37. The van der Waals surface area contributed by atoms with Gasteiger partial charge in [-0.15, -0.1) is 0 Å². The van der Waals surface area contributed by atoms with E-state index in [0.717, 1.165) is 20.8 Å². The summed E-state index contributed by atoms with van der Waals surface area (Å²) in [4.78, 5) is 121. The number of phenols is 1. The molecule has 2 unspecified atom stereocenters. The standard InChI is InChI=1S/C26H34N2O10.C13H25IO5.C13H10N2O5.CH4/c1-26(2,3)38-21(30)9-10-34-11-12-35-13-14-36-15-16-37-19-6-4-5-17-22(19)25(33)28(24(17)32)18-7-8-20(29)27-23(18)31;1-13(2,3)19-12(15)4-6-16-8-10-18-11-9-17-7-5-14;16-8-3-1-2-6-10(8)13(20)15(12(6)19)7-4-5-9(17)14-11(7)18;/h4-6,18H,7-16H2,1-3H3,(H,27,29,31);4-11H2,1-3H3;1-3,7,16H,4-5H2,(H,14,17,18);1H4. The first kappa shape index (κ1) is 66.3. The third kappa shape index (κ3) is 21.3. The molecular weight excluding hydrogens is 1140 g/mol. The summed E-state index contributed by atoms with van der Waals surface area (Å²) >= 11 is 2.26. The predicted molar refractivity (Wildman–Crippen MR) is 285 cm³/mol. The zero-order valence-corrected chi connectivity index (χ0v) is 46.4. The molecule has 8 amide bonds. The normalized spacial score (nSPS) is 17.0. The SMILES string of the molecule is C.CC(C)(C)OC(=O)CCOCCOCCOCCI.CC(C)(C)OC(=O)CCOCCOCCOCCOc1cccc2c1C(=O)N(C1CCC(=O)NC1=O)C2=O.O=C1CCC(N2C(=O)c3cccc(O)c3C2=O)C(=O)N1. The number of carbonyl (C=O) groups excluding carboxylic acids is 10. The highest BCUT2D eigenvalue weighted by Gasteiger charge is 2.47. The Bertz CT molecular complexity index is 2420. The van der Waals surface area contributed by atoms with Crippen LogP contribution in [0.1, 0.15) is 129 Å². The van der Waals surface area contributed by atoms with Crippen LogP contribution in [0.25, 0.3) is 0 Å². The van der Waals surface area contributed by atoms with E-state index in [9.17, 15) is 53.1 Å². The van der Waals surface area contributed by atoms with Gasteiger partial charge in [0.15, 0.2) is 0 Å². The number of benzene rings is 2. The van der Waals surface area contributed by atoms with E-state index in [1.165, 1.54) is 24.3 Å². The van der Waals surface area contributed by atoms with Crippen LogP contribution in [0.2, 0.25) is 0 Å². The van der Waals surface area contributed by atoms with Crippen LogP contribution < -0.4 is 15.4 Å². The third-order valence-corrected chi connectivity index (χ3v) is 11.3. The van der Waals surface area contributed by atoms with E-state index in [1.54, 1.807) is 12.1 Å². The van der Waals surface area contributed by atoms with Crippen molar-refractivity contribution in [3.63, 3.8) is 0 Å². The minimum atomic E-state index is -1.04. The first-order valence-electron chi connectivity index (χ1n) is 25.0. The number of esters is 2. The largest absolute Gasteiger partial charge is 0.507 e. The third-order valence-electron chi connectivity index (χ3n) is 10.8. The molecule has 432 valence electrons. The minimum absolute atomic E-state index is 0. The van der Waals surface area contributed by atoms with Crippen LogP contribution in [0.3, 0.4) is 0 Å². The second kappa shape index (κ2) is 32.8. The van der Waals surface area contributed by atoms with Crippen molar-refractivity contribution >= 4 is 81.8 Å². The number of halogens is 1. The van der Waals surface area contributed by atoms with Gasteiger partial charge in [0.05, 0.1) is 114 Å². The number of piperidine rings is 2. The molecule has 2 aromatic rings. The van der Waals surface area contributed by atoms with Crippen LogP contribution in [-0.4, -0.2) is 188 Å². The van der Waals surface area contributed by atoms with E-state index in [1.807, 2.05) is 41.5 Å². The van der Waals surface area contributed by atoms with Crippen molar-refractivity contribution in [1.82, 2.24) is 20.4 Å². The van der Waals surface area contributed by atoms with E-state index in [4.69, 9.17) is 42.6 Å². The molecule has 0 aliphatic carbocycles. The summed E-state index contributed by atoms with van der Waals surface area (Å²) in [7, 11) is 0. The van der Waals surface area contributed by atoms with Crippen molar-refractivity contribution in [3.05, 3.63) is 58.7 Å². The number of hydrogen-bond acceptors (Lipinski definition) is 20. The zero-order valence-electron chi connectivity index (χ0n) is 44.2. The molecule has 4 heterocycles. The maximum Gasteiger partial charge on any atom is 0.308 e. The zero-order chi connectivity index (χ0) is 56.7. The maximum atomic E-state index is 13.0. The van der Waals surface area contributed by atoms with Gasteiger partial charge in [-0.1, -0.05) is 42.2 Å². The predicted octanol–water partition coefficient (Wildman–Crippen LogP) is 3.88. The lowest BCUT2D eigenvalue weighted by atomic mass is 10.0. The molecule has 78 heavy (non-hydrogen) atoms. The van der Waals surface area contributed by atoms with Gasteiger partial charge in [0, 0.05) is 17.3 Å². The quantitative estimate of drug-likeness (QED) is 0.0396. The Hall–Kier alpha value is -5.97. The number of hydrogen-bond donors (Lipinski definition) is 3. The van der Waals surface area contributed by atoms with Gasteiger partial charge < -0.3 is 47.7 Å². The molecule has 2 aromatic carbocycles. The Balaban J connectivity index is 0.000000337. The molecule has 4 aliphatic heterocycles. The average molecular weight is 1210 g/mol. The average Bonchev–Trinajstić information content (AvgIpc) is 3.76. The van der Waals surface area contributed by atoms with Crippen molar-refractivity contribution in [2.45, 2.75) is 111 Å². The summed E-state index contributed by atoms with van der Waals surface area (Å²) in [5.41, 5.74) is -0.723. The molecule has 0 saturated carbocycles. The number of carbonyl (C=O) groups is 10. The van der Waals surface area contributed by atoms with Crippen molar-refractivity contribution < 1.29 is 95.7 Å². The number of aromatic hydroxyl groups is 1. The number of phenolic OH excluding ortho intramolecular Hbond substituents is 1. The van der Waals surface area contributed by atoms with E-state index in [-0.39, 0.29) is 111 Å². The Morgan fingerprint density at radius 2 is 0.910 bits per heavy atom. The first-order valence-corrected chi connectivity index (χ1v) is 26.5. The number of nitrogens with one attached hydrogen (secondary N) is 2.